The van der Waals surface area contributed by atoms with Crippen molar-refractivity contribution in [3.05, 3.63) is 64.6 Å². The fraction of sp³-hybridized carbons (Fsp3) is 0.111. The maximum atomic E-state index is 12.2. The lowest BCUT2D eigenvalue weighted by Gasteiger charge is -2.04. The first-order valence-corrected chi connectivity index (χ1v) is 8.22. The third-order valence-electron chi connectivity index (χ3n) is 3.31. The van der Waals surface area contributed by atoms with E-state index >= 15 is 0 Å². The number of hydrogen-bond acceptors (Lipinski definition) is 4. The molecule has 1 N–H and O–H groups in total. The summed E-state index contributed by atoms with van der Waals surface area (Å²) < 4.78 is 11.5. The average molecular weight is 387 g/mol. The fourth-order valence-corrected chi connectivity index (χ4v) is 2.41. The molecule has 1 heterocycles. The zero-order valence-electron chi connectivity index (χ0n) is 13.0. The van der Waals surface area contributed by atoms with Crippen molar-refractivity contribution in [3.63, 3.8) is 0 Å². The number of aromatic nitrogens is 1. The summed E-state index contributed by atoms with van der Waals surface area (Å²) >= 11 is 3.39. The molecule has 0 aliphatic heterocycles. The summed E-state index contributed by atoms with van der Waals surface area (Å²) in [6.45, 7) is 2.50. The van der Waals surface area contributed by atoms with Gasteiger partial charge in [0.25, 0.3) is 5.91 Å². The molecule has 6 heteroatoms. The van der Waals surface area contributed by atoms with Crippen molar-refractivity contribution >= 4 is 27.7 Å². The molecule has 0 fully saturated rings. The van der Waals surface area contributed by atoms with Crippen LogP contribution in [0.25, 0.3) is 11.3 Å². The van der Waals surface area contributed by atoms with Crippen molar-refractivity contribution in [1.29, 1.82) is 0 Å². The van der Waals surface area contributed by atoms with Crippen molar-refractivity contribution in [2.75, 3.05) is 11.9 Å². The van der Waals surface area contributed by atoms with E-state index in [1.54, 1.807) is 30.3 Å². The van der Waals surface area contributed by atoms with Gasteiger partial charge in [0, 0.05) is 21.7 Å². The van der Waals surface area contributed by atoms with Gasteiger partial charge in [-0.1, -0.05) is 33.2 Å². The van der Waals surface area contributed by atoms with Gasteiger partial charge in [0.15, 0.2) is 0 Å². The molecular weight excluding hydrogens is 372 g/mol. The first-order chi connectivity index (χ1) is 11.7. The van der Waals surface area contributed by atoms with Crippen molar-refractivity contribution < 1.29 is 14.1 Å². The summed E-state index contributed by atoms with van der Waals surface area (Å²) in [6.07, 6.45) is 0. The molecule has 2 aromatic carbocycles. The zero-order valence-corrected chi connectivity index (χ0v) is 14.5. The van der Waals surface area contributed by atoms with Gasteiger partial charge < -0.3 is 9.26 Å². The van der Waals surface area contributed by atoms with E-state index in [4.69, 9.17) is 9.26 Å². The van der Waals surface area contributed by atoms with Crippen molar-refractivity contribution in [1.82, 2.24) is 5.16 Å². The van der Waals surface area contributed by atoms with E-state index in [-0.39, 0.29) is 5.91 Å². The lowest BCUT2D eigenvalue weighted by molar-refractivity contribution is 0.102. The van der Waals surface area contributed by atoms with Crippen molar-refractivity contribution in [2.24, 2.45) is 0 Å². The van der Waals surface area contributed by atoms with Crippen LogP contribution in [0.2, 0.25) is 0 Å². The fourth-order valence-electron chi connectivity index (χ4n) is 2.14. The van der Waals surface area contributed by atoms with Crippen LogP contribution in [0.15, 0.2) is 63.6 Å². The highest BCUT2D eigenvalue weighted by molar-refractivity contribution is 9.10. The minimum atomic E-state index is -0.267. The van der Waals surface area contributed by atoms with E-state index in [1.165, 1.54) is 0 Å². The Balaban J connectivity index is 1.69. The highest BCUT2D eigenvalue weighted by atomic mass is 79.9. The average Bonchev–Trinajstić information content (AvgIpc) is 3.05. The third kappa shape index (κ3) is 3.83. The molecule has 3 aromatic rings. The molecule has 0 spiro atoms. The Kier molecular flexibility index (Phi) is 4.96. The molecule has 0 radical (unpaired) electrons. The van der Waals surface area contributed by atoms with Gasteiger partial charge in [0.05, 0.1) is 6.61 Å². The smallest absolute Gasteiger partial charge is 0.258 e. The summed E-state index contributed by atoms with van der Waals surface area (Å²) in [6, 6.07) is 16.3. The van der Waals surface area contributed by atoms with Crippen LogP contribution < -0.4 is 10.1 Å². The minimum absolute atomic E-state index is 0.267. The molecule has 0 aliphatic carbocycles. The Morgan fingerprint density at radius 3 is 2.54 bits per heavy atom. The second-order valence-electron chi connectivity index (χ2n) is 4.99. The minimum Gasteiger partial charge on any atom is -0.494 e. The third-order valence-corrected chi connectivity index (χ3v) is 3.84. The molecule has 1 aromatic heterocycles. The highest BCUT2D eigenvalue weighted by Gasteiger charge is 2.11. The summed E-state index contributed by atoms with van der Waals surface area (Å²) in [5.41, 5.74) is 2.08. The number of anilines is 1. The lowest BCUT2D eigenvalue weighted by Crippen LogP contribution is -2.11. The molecule has 5 nitrogen and oxygen atoms in total. The van der Waals surface area contributed by atoms with Gasteiger partial charge in [0.1, 0.15) is 11.4 Å². The first-order valence-electron chi connectivity index (χ1n) is 7.42. The van der Waals surface area contributed by atoms with Crippen LogP contribution >= 0.6 is 15.9 Å². The summed E-state index contributed by atoms with van der Waals surface area (Å²) in [7, 11) is 0. The maximum Gasteiger partial charge on any atom is 0.258 e. The van der Waals surface area contributed by atoms with Crippen LogP contribution in [-0.2, 0) is 0 Å². The Bertz CT molecular complexity index is 826. The summed E-state index contributed by atoms with van der Waals surface area (Å²) in [5, 5.41) is 6.67. The predicted molar refractivity (Wildman–Crippen MR) is 95.2 cm³/mol. The number of halogens is 1. The quantitative estimate of drug-likeness (QED) is 0.686. The van der Waals surface area contributed by atoms with Gasteiger partial charge in [-0.3, -0.25) is 10.1 Å². The SMILES string of the molecule is CCOc1ccc(C(=O)Nc2cc(-c3ccc(Br)cc3)no2)cc1. The number of rotatable bonds is 5. The topological polar surface area (TPSA) is 64.4 Å². The molecule has 1 amide bonds. The molecular formula is C18H15BrN2O3. The number of amides is 1. The van der Waals surface area contributed by atoms with E-state index in [9.17, 15) is 4.79 Å². The Morgan fingerprint density at radius 1 is 1.17 bits per heavy atom. The van der Waals surface area contributed by atoms with Gasteiger partial charge >= 0.3 is 0 Å². The van der Waals surface area contributed by atoms with E-state index in [2.05, 4.69) is 26.4 Å². The summed E-state index contributed by atoms with van der Waals surface area (Å²) in [4.78, 5) is 12.2. The first kappa shape index (κ1) is 16.3. The number of carbonyl (C=O) groups excluding carboxylic acids is 1. The molecule has 0 atom stereocenters. The van der Waals surface area contributed by atoms with Crippen LogP contribution in [0.5, 0.6) is 5.75 Å². The van der Waals surface area contributed by atoms with Gasteiger partial charge in [0.2, 0.25) is 5.88 Å². The number of carbonyl (C=O) groups is 1. The molecule has 0 unspecified atom stereocenters. The highest BCUT2D eigenvalue weighted by Crippen LogP contribution is 2.24. The van der Waals surface area contributed by atoms with Crippen LogP contribution in [0.1, 0.15) is 17.3 Å². The van der Waals surface area contributed by atoms with Crippen LogP contribution in [-0.4, -0.2) is 17.7 Å². The Labute approximate surface area is 147 Å². The second-order valence-corrected chi connectivity index (χ2v) is 5.91. The van der Waals surface area contributed by atoms with E-state index in [1.807, 2.05) is 31.2 Å². The second kappa shape index (κ2) is 7.31. The van der Waals surface area contributed by atoms with Gasteiger partial charge in [-0.25, -0.2) is 0 Å². The van der Waals surface area contributed by atoms with Crippen LogP contribution in [0.3, 0.4) is 0 Å². The lowest BCUT2D eigenvalue weighted by atomic mass is 10.1. The van der Waals surface area contributed by atoms with E-state index in [0.29, 0.717) is 23.7 Å². The normalized spacial score (nSPS) is 10.4. The van der Waals surface area contributed by atoms with Gasteiger partial charge in [-0.15, -0.1) is 0 Å². The van der Waals surface area contributed by atoms with Crippen molar-refractivity contribution in [2.45, 2.75) is 6.92 Å². The van der Waals surface area contributed by atoms with Crippen LogP contribution in [0, 0.1) is 0 Å². The zero-order chi connectivity index (χ0) is 16.9. The monoisotopic (exact) mass is 386 g/mol. The molecule has 0 bridgehead atoms. The Hall–Kier alpha value is -2.60. The molecule has 3 rings (SSSR count). The molecule has 0 aliphatic rings. The molecule has 24 heavy (non-hydrogen) atoms. The van der Waals surface area contributed by atoms with Gasteiger partial charge in [-0.05, 0) is 43.3 Å². The predicted octanol–water partition coefficient (Wildman–Crippen LogP) is 4.76. The largest absolute Gasteiger partial charge is 0.494 e. The number of hydrogen-bond donors (Lipinski definition) is 1. The van der Waals surface area contributed by atoms with Crippen molar-refractivity contribution in [3.8, 4) is 17.0 Å². The summed E-state index contributed by atoms with van der Waals surface area (Å²) in [5.74, 6) is 0.759. The van der Waals surface area contributed by atoms with Crippen LogP contribution in [0.4, 0.5) is 5.88 Å². The molecule has 0 saturated carbocycles. The molecule has 122 valence electrons. The number of ether oxygens (including phenoxy) is 1. The molecule has 0 saturated heterocycles. The van der Waals surface area contributed by atoms with Gasteiger partial charge in [-0.2, -0.15) is 0 Å². The maximum absolute atomic E-state index is 12.2. The van der Waals surface area contributed by atoms with E-state index in [0.717, 1.165) is 15.8 Å². The Morgan fingerprint density at radius 2 is 1.88 bits per heavy atom. The standard InChI is InChI=1S/C18H15BrN2O3/c1-2-23-15-9-5-13(6-10-15)18(22)20-17-11-16(21-24-17)12-3-7-14(19)8-4-12/h3-11H,2H2,1H3,(H,20,22). The van der Waals surface area contributed by atoms with E-state index < -0.39 is 0 Å². The number of nitrogens with one attached hydrogen (secondary N) is 1. The number of nitrogens with zero attached hydrogens (tertiary/aromatic N) is 1. The number of benzene rings is 2.